The number of hydrogen-bond acceptors (Lipinski definition) is 3. The van der Waals surface area contributed by atoms with Gasteiger partial charge in [0.1, 0.15) is 0 Å². The Bertz CT molecular complexity index is 1390. The van der Waals surface area contributed by atoms with E-state index >= 15 is 0 Å². The highest BCUT2D eigenvalue weighted by Gasteiger charge is 2.32. The Kier molecular flexibility index (Phi) is 7.47. The van der Waals surface area contributed by atoms with Crippen LogP contribution < -0.4 is 4.31 Å². The average molecular weight is 484 g/mol. The Morgan fingerprint density at radius 1 is 0.714 bits per heavy atom. The Labute approximate surface area is 207 Å². The number of rotatable bonds is 8. The summed E-state index contributed by atoms with van der Waals surface area (Å²) in [6.45, 7) is 3.93. The quantitative estimate of drug-likeness (QED) is 0.292. The van der Waals surface area contributed by atoms with Crippen molar-refractivity contribution in [3.63, 3.8) is 0 Å². The molecule has 0 N–H and O–H groups in total. The van der Waals surface area contributed by atoms with E-state index in [0.29, 0.717) is 17.7 Å². The number of benzene rings is 4. The van der Waals surface area contributed by atoms with Crippen LogP contribution in [0.3, 0.4) is 0 Å². The van der Waals surface area contributed by atoms with Gasteiger partial charge in [0.2, 0.25) is 0 Å². The molecule has 0 unspecified atom stereocenters. The predicted molar refractivity (Wildman–Crippen MR) is 141 cm³/mol. The summed E-state index contributed by atoms with van der Waals surface area (Å²) in [6.07, 6.45) is 2.20. The van der Waals surface area contributed by atoms with E-state index in [0.717, 1.165) is 39.4 Å². The molecule has 4 aromatic carbocycles. The molecule has 0 bridgehead atoms. The Morgan fingerprint density at radius 3 is 2.00 bits per heavy atom. The van der Waals surface area contributed by atoms with Gasteiger partial charge in [-0.15, -0.1) is 0 Å². The second-order valence-electron chi connectivity index (χ2n) is 8.55. The molecule has 0 atom stereocenters. The van der Waals surface area contributed by atoms with Gasteiger partial charge in [-0.25, -0.2) is 8.42 Å². The molecular formula is C30H29NO3S. The lowest BCUT2D eigenvalue weighted by molar-refractivity contribution is 0.100. The van der Waals surface area contributed by atoms with Crippen molar-refractivity contribution in [2.24, 2.45) is 0 Å². The highest BCUT2D eigenvalue weighted by molar-refractivity contribution is 7.93. The zero-order chi connectivity index (χ0) is 24.8. The molecule has 0 aromatic heterocycles. The number of carbonyl (C=O) groups excluding carboxylic acids is 1. The van der Waals surface area contributed by atoms with Crippen LogP contribution >= 0.6 is 0 Å². The second kappa shape index (κ2) is 10.7. The van der Waals surface area contributed by atoms with E-state index in [9.17, 15) is 13.2 Å². The van der Waals surface area contributed by atoms with Gasteiger partial charge >= 0.3 is 0 Å². The van der Waals surface area contributed by atoms with Crippen molar-refractivity contribution < 1.29 is 13.2 Å². The average Bonchev–Trinajstić information content (AvgIpc) is 2.89. The first-order chi connectivity index (χ1) is 16.9. The van der Waals surface area contributed by atoms with Crippen molar-refractivity contribution in [1.82, 2.24) is 0 Å². The maximum Gasteiger partial charge on any atom is 0.272 e. The SMILES string of the molecule is CCc1ccc(N(C(=O)c2ccccc2CCc2ccccc2)S(=O)(=O)c2ccc(C)cc2)cc1. The van der Waals surface area contributed by atoms with E-state index in [1.54, 1.807) is 48.5 Å². The third-order valence-corrected chi connectivity index (χ3v) is 7.82. The molecule has 4 nitrogen and oxygen atoms in total. The van der Waals surface area contributed by atoms with E-state index < -0.39 is 15.9 Å². The van der Waals surface area contributed by atoms with Gasteiger partial charge in [0.05, 0.1) is 10.6 Å². The minimum atomic E-state index is -4.14. The Morgan fingerprint density at radius 2 is 1.34 bits per heavy atom. The summed E-state index contributed by atoms with van der Waals surface area (Å²) in [6, 6.07) is 31.0. The van der Waals surface area contributed by atoms with Crippen molar-refractivity contribution in [3.05, 3.63) is 131 Å². The van der Waals surface area contributed by atoms with Crippen LogP contribution in [-0.4, -0.2) is 14.3 Å². The van der Waals surface area contributed by atoms with E-state index in [4.69, 9.17) is 0 Å². The lowest BCUT2D eigenvalue weighted by atomic mass is 9.99. The molecule has 5 heteroatoms. The van der Waals surface area contributed by atoms with Gasteiger partial charge in [-0.1, -0.05) is 85.3 Å². The highest BCUT2D eigenvalue weighted by atomic mass is 32.2. The highest BCUT2D eigenvalue weighted by Crippen LogP contribution is 2.28. The number of aryl methyl sites for hydroxylation is 4. The van der Waals surface area contributed by atoms with Crippen LogP contribution in [0.2, 0.25) is 0 Å². The van der Waals surface area contributed by atoms with Gasteiger partial charge in [0.25, 0.3) is 15.9 Å². The molecule has 0 fully saturated rings. The first-order valence-corrected chi connectivity index (χ1v) is 13.2. The standard InChI is InChI=1S/C30H29NO3S/c1-3-24-16-19-27(20-17-24)31(35(33,34)28-21-13-23(2)14-22-28)30(32)29-12-8-7-11-26(29)18-15-25-9-5-4-6-10-25/h4-14,16-17,19-22H,3,15,18H2,1-2H3. The third kappa shape index (κ3) is 5.52. The molecule has 0 saturated heterocycles. The lowest BCUT2D eigenvalue weighted by Gasteiger charge is -2.24. The second-order valence-corrected chi connectivity index (χ2v) is 10.3. The minimum Gasteiger partial charge on any atom is -0.268 e. The summed E-state index contributed by atoms with van der Waals surface area (Å²) in [4.78, 5) is 14.0. The van der Waals surface area contributed by atoms with Crippen LogP contribution in [-0.2, 0) is 29.3 Å². The van der Waals surface area contributed by atoms with Gasteiger partial charge in [0, 0.05) is 5.56 Å². The van der Waals surface area contributed by atoms with E-state index in [-0.39, 0.29) is 4.90 Å². The molecule has 1 amide bonds. The number of anilines is 1. The van der Waals surface area contributed by atoms with Gasteiger partial charge in [-0.3, -0.25) is 4.79 Å². The molecule has 0 radical (unpaired) electrons. The molecule has 0 spiro atoms. The van der Waals surface area contributed by atoms with Crippen LogP contribution in [0.5, 0.6) is 0 Å². The molecule has 0 heterocycles. The molecule has 0 saturated carbocycles. The van der Waals surface area contributed by atoms with Crippen molar-refractivity contribution in [2.45, 2.75) is 38.0 Å². The fourth-order valence-electron chi connectivity index (χ4n) is 4.03. The predicted octanol–water partition coefficient (Wildman–Crippen LogP) is 6.38. The van der Waals surface area contributed by atoms with E-state index in [1.165, 1.54) is 0 Å². The Balaban J connectivity index is 1.76. The van der Waals surface area contributed by atoms with E-state index in [1.807, 2.05) is 68.4 Å². The lowest BCUT2D eigenvalue weighted by Crippen LogP contribution is -2.37. The van der Waals surface area contributed by atoms with E-state index in [2.05, 4.69) is 0 Å². The van der Waals surface area contributed by atoms with Gasteiger partial charge in [-0.2, -0.15) is 4.31 Å². The smallest absolute Gasteiger partial charge is 0.268 e. The van der Waals surface area contributed by atoms with Crippen molar-refractivity contribution in [2.75, 3.05) is 4.31 Å². The van der Waals surface area contributed by atoms with Crippen LogP contribution in [0.25, 0.3) is 0 Å². The zero-order valence-electron chi connectivity index (χ0n) is 20.0. The molecule has 178 valence electrons. The van der Waals surface area contributed by atoms with Gasteiger partial charge in [-0.05, 0) is 73.2 Å². The molecule has 0 aliphatic carbocycles. The van der Waals surface area contributed by atoms with Crippen LogP contribution in [0.1, 0.15) is 39.5 Å². The normalized spacial score (nSPS) is 11.3. The largest absolute Gasteiger partial charge is 0.272 e. The van der Waals surface area contributed by atoms with Gasteiger partial charge in [0.15, 0.2) is 0 Å². The third-order valence-electron chi connectivity index (χ3n) is 6.10. The van der Waals surface area contributed by atoms with Crippen LogP contribution in [0.15, 0.2) is 108 Å². The number of sulfonamides is 1. The van der Waals surface area contributed by atoms with Crippen molar-refractivity contribution >= 4 is 21.6 Å². The maximum absolute atomic E-state index is 14.0. The fraction of sp³-hybridized carbons (Fsp3) is 0.167. The first kappa shape index (κ1) is 24.4. The molecule has 0 aliphatic rings. The van der Waals surface area contributed by atoms with Crippen molar-refractivity contribution in [1.29, 1.82) is 0 Å². The molecule has 4 rings (SSSR count). The Hall–Kier alpha value is -3.70. The molecule has 0 aliphatic heterocycles. The van der Waals surface area contributed by atoms with Gasteiger partial charge < -0.3 is 0 Å². The summed E-state index contributed by atoms with van der Waals surface area (Å²) < 4.78 is 28.6. The number of carbonyl (C=O) groups is 1. The summed E-state index contributed by atoms with van der Waals surface area (Å²) in [7, 11) is -4.14. The summed E-state index contributed by atoms with van der Waals surface area (Å²) in [5.41, 5.74) is 4.70. The summed E-state index contributed by atoms with van der Waals surface area (Å²) in [5.74, 6) is -0.557. The topological polar surface area (TPSA) is 54.5 Å². The first-order valence-electron chi connectivity index (χ1n) is 11.8. The molecule has 4 aromatic rings. The minimum absolute atomic E-state index is 0.0813. The molecule has 35 heavy (non-hydrogen) atoms. The van der Waals surface area contributed by atoms with Crippen LogP contribution in [0, 0.1) is 6.92 Å². The summed E-state index contributed by atoms with van der Waals surface area (Å²) in [5, 5.41) is 0. The molecular weight excluding hydrogens is 454 g/mol. The number of hydrogen-bond donors (Lipinski definition) is 0. The zero-order valence-corrected chi connectivity index (χ0v) is 20.8. The monoisotopic (exact) mass is 483 g/mol. The van der Waals surface area contributed by atoms with Crippen LogP contribution in [0.4, 0.5) is 5.69 Å². The maximum atomic E-state index is 14.0. The number of nitrogens with zero attached hydrogens (tertiary/aromatic N) is 1. The van der Waals surface area contributed by atoms with Crippen molar-refractivity contribution in [3.8, 4) is 0 Å². The summed E-state index contributed by atoms with van der Waals surface area (Å²) >= 11 is 0. The number of amides is 1. The fourth-order valence-corrected chi connectivity index (χ4v) is 5.43.